The lowest BCUT2D eigenvalue weighted by Crippen LogP contribution is -2.40. The Bertz CT molecular complexity index is 614. The Labute approximate surface area is 94.5 Å². The Morgan fingerprint density at radius 2 is 2.18 bits per heavy atom. The van der Waals surface area contributed by atoms with Gasteiger partial charge in [-0.3, -0.25) is 9.89 Å². The Morgan fingerprint density at radius 3 is 2.76 bits per heavy atom. The van der Waals surface area contributed by atoms with Crippen LogP contribution in [-0.2, 0) is 0 Å². The molecule has 1 fully saturated rings. The summed E-state index contributed by atoms with van der Waals surface area (Å²) in [6.07, 6.45) is -2.65. The highest BCUT2D eigenvalue weighted by molar-refractivity contribution is 5.41. The first-order chi connectivity index (χ1) is 8.15. The van der Waals surface area contributed by atoms with Crippen LogP contribution in [-0.4, -0.2) is 27.7 Å². The molecule has 1 aliphatic heterocycles. The topological polar surface area (TPSA) is 62.2 Å². The minimum Gasteiger partial charge on any atom is -0.315 e. The molecule has 1 aliphatic rings. The first-order valence-electron chi connectivity index (χ1n) is 5.26. The van der Waals surface area contributed by atoms with Gasteiger partial charge in [0.15, 0.2) is 5.65 Å². The number of hydrogen-bond acceptors (Lipinski definition) is 3. The fourth-order valence-electron chi connectivity index (χ4n) is 1.82. The Kier molecular flexibility index (Phi) is 2.22. The highest BCUT2D eigenvalue weighted by Crippen LogP contribution is 2.20. The highest BCUT2D eigenvalue weighted by Gasteiger charge is 2.23. The van der Waals surface area contributed by atoms with E-state index < -0.39 is 12.0 Å². The van der Waals surface area contributed by atoms with Crippen molar-refractivity contribution in [1.82, 2.24) is 19.9 Å². The zero-order chi connectivity index (χ0) is 12.0. The van der Waals surface area contributed by atoms with Crippen molar-refractivity contribution in [2.75, 3.05) is 13.1 Å². The van der Waals surface area contributed by atoms with Gasteiger partial charge in [0.1, 0.15) is 5.82 Å². The molecule has 0 atom stereocenters. The maximum absolute atomic E-state index is 12.5. The summed E-state index contributed by atoms with van der Waals surface area (Å²) in [7, 11) is 0. The van der Waals surface area contributed by atoms with Gasteiger partial charge in [-0.15, -0.1) is 0 Å². The van der Waals surface area contributed by atoms with Gasteiger partial charge in [0, 0.05) is 30.6 Å². The maximum atomic E-state index is 12.5. The molecule has 0 aromatic carbocycles. The summed E-state index contributed by atoms with van der Waals surface area (Å²) in [4.78, 5) is 15.8. The number of aromatic amines is 1. The zero-order valence-electron chi connectivity index (χ0n) is 8.78. The number of hydrogen-bond donors (Lipinski definition) is 2. The molecule has 3 heterocycles. The molecule has 0 aliphatic carbocycles. The number of pyridine rings is 1. The van der Waals surface area contributed by atoms with Crippen molar-refractivity contribution in [3.8, 4) is 0 Å². The average molecular weight is 240 g/mol. The Hall–Kier alpha value is -1.76. The number of alkyl halides is 2. The van der Waals surface area contributed by atoms with E-state index in [2.05, 4.69) is 15.4 Å². The van der Waals surface area contributed by atoms with E-state index >= 15 is 0 Å². The number of fused-ring (bicyclic) bond motifs is 1. The largest absolute Gasteiger partial charge is 0.315 e. The van der Waals surface area contributed by atoms with Gasteiger partial charge in [-0.1, -0.05) is 0 Å². The molecule has 2 aromatic rings. The predicted molar refractivity (Wildman–Crippen MR) is 56.4 cm³/mol. The van der Waals surface area contributed by atoms with Crippen molar-refractivity contribution >= 4 is 5.65 Å². The lowest BCUT2D eigenvalue weighted by Gasteiger charge is -2.24. The first-order valence-corrected chi connectivity index (χ1v) is 5.26. The fourth-order valence-corrected chi connectivity index (χ4v) is 1.82. The third-order valence-corrected chi connectivity index (χ3v) is 2.92. The number of aromatic nitrogens is 3. The molecule has 2 aromatic heterocycles. The molecule has 0 unspecified atom stereocenters. The van der Waals surface area contributed by atoms with Crippen LogP contribution >= 0.6 is 0 Å². The Morgan fingerprint density at radius 1 is 1.41 bits per heavy atom. The van der Waals surface area contributed by atoms with E-state index in [-0.39, 0.29) is 17.1 Å². The van der Waals surface area contributed by atoms with Gasteiger partial charge >= 0.3 is 0 Å². The van der Waals surface area contributed by atoms with Crippen molar-refractivity contribution in [3.05, 3.63) is 33.9 Å². The average Bonchev–Trinajstić information content (AvgIpc) is 2.58. The highest BCUT2D eigenvalue weighted by atomic mass is 19.3. The standard InChI is InChI=1S/C10H10F2N4O/c11-9(12)5-1-7-14-10(6-3-13-4-6)15-16(7)8(17)2-5/h1-2,6,9,13H,3-4H2,(H,14,15). The second kappa shape index (κ2) is 3.63. The van der Waals surface area contributed by atoms with Gasteiger partial charge in [-0.25, -0.2) is 18.3 Å². The van der Waals surface area contributed by atoms with E-state index in [0.29, 0.717) is 5.82 Å². The second-order valence-electron chi connectivity index (χ2n) is 4.09. The van der Waals surface area contributed by atoms with E-state index in [1.165, 1.54) is 10.6 Å². The van der Waals surface area contributed by atoms with Crippen LogP contribution in [0.4, 0.5) is 8.78 Å². The van der Waals surface area contributed by atoms with Gasteiger partial charge in [0.2, 0.25) is 0 Å². The summed E-state index contributed by atoms with van der Waals surface area (Å²) < 4.78 is 26.2. The first kappa shape index (κ1) is 10.4. The van der Waals surface area contributed by atoms with Gasteiger partial charge in [0.05, 0.1) is 0 Å². The third-order valence-electron chi connectivity index (χ3n) is 2.92. The lowest BCUT2D eigenvalue weighted by molar-refractivity contribution is 0.151. The van der Waals surface area contributed by atoms with Crippen molar-refractivity contribution < 1.29 is 8.78 Å². The number of H-pyrrole nitrogens is 1. The van der Waals surface area contributed by atoms with E-state index in [9.17, 15) is 13.6 Å². The van der Waals surface area contributed by atoms with Crippen LogP contribution in [0.25, 0.3) is 5.65 Å². The van der Waals surface area contributed by atoms with E-state index in [0.717, 1.165) is 19.2 Å². The van der Waals surface area contributed by atoms with Gasteiger partial charge in [-0.2, -0.15) is 0 Å². The summed E-state index contributed by atoms with van der Waals surface area (Å²) in [6.45, 7) is 1.58. The second-order valence-corrected chi connectivity index (χ2v) is 4.09. The number of rotatable bonds is 2. The van der Waals surface area contributed by atoms with Crippen LogP contribution in [0.5, 0.6) is 0 Å². The van der Waals surface area contributed by atoms with Crippen molar-refractivity contribution in [2.45, 2.75) is 12.3 Å². The van der Waals surface area contributed by atoms with E-state index in [1.54, 1.807) is 0 Å². The monoisotopic (exact) mass is 240 g/mol. The SMILES string of the molecule is O=c1cc(C(F)F)cc2nc(C3CNC3)[nH]n12. The summed E-state index contributed by atoms with van der Waals surface area (Å²) in [5.41, 5.74) is -0.557. The molecule has 0 bridgehead atoms. The maximum Gasteiger partial charge on any atom is 0.271 e. The molecular formula is C10H10F2N4O. The smallest absolute Gasteiger partial charge is 0.271 e. The normalized spacial score (nSPS) is 16.6. The molecule has 0 spiro atoms. The molecular weight excluding hydrogens is 230 g/mol. The molecule has 5 nitrogen and oxygen atoms in total. The molecule has 1 saturated heterocycles. The van der Waals surface area contributed by atoms with Gasteiger partial charge in [-0.05, 0) is 6.07 Å². The number of nitrogens with one attached hydrogen (secondary N) is 2. The van der Waals surface area contributed by atoms with Crippen LogP contribution in [0.2, 0.25) is 0 Å². The zero-order valence-corrected chi connectivity index (χ0v) is 8.78. The van der Waals surface area contributed by atoms with Crippen LogP contribution in [0, 0.1) is 0 Å². The van der Waals surface area contributed by atoms with Crippen LogP contribution < -0.4 is 10.9 Å². The van der Waals surface area contributed by atoms with Crippen molar-refractivity contribution in [1.29, 1.82) is 0 Å². The molecule has 0 saturated carbocycles. The van der Waals surface area contributed by atoms with Crippen LogP contribution in [0.15, 0.2) is 16.9 Å². The van der Waals surface area contributed by atoms with E-state index in [1.807, 2.05) is 0 Å². The minimum atomic E-state index is -2.65. The Balaban J connectivity index is 2.14. The van der Waals surface area contributed by atoms with Crippen molar-refractivity contribution in [3.63, 3.8) is 0 Å². The van der Waals surface area contributed by atoms with Crippen LogP contribution in [0.1, 0.15) is 23.7 Å². The number of nitrogens with zero attached hydrogens (tertiary/aromatic N) is 2. The van der Waals surface area contributed by atoms with Gasteiger partial charge < -0.3 is 5.32 Å². The van der Waals surface area contributed by atoms with Crippen molar-refractivity contribution in [2.24, 2.45) is 0 Å². The summed E-state index contributed by atoms with van der Waals surface area (Å²) in [6, 6.07) is 2.16. The predicted octanol–water partition coefficient (Wildman–Crippen LogP) is 0.647. The summed E-state index contributed by atoms with van der Waals surface area (Å²) in [5.74, 6) is 0.886. The molecule has 3 rings (SSSR count). The molecule has 90 valence electrons. The quantitative estimate of drug-likeness (QED) is 0.810. The van der Waals surface area contributed by atoms with Gasteiger partial charge in [0.25, 0.3) is 12.0 Å². The molecule has 2 N–H and O–H groups in total. The minimum absolute atomic E-state index is 0.226. The fraction of sp³-hybridized carbons (Fsp3) is 0.400. The number of halogens is 2. The molecule has 7 heteroatoms. The third kappa shape index (κ3) is 1.62. The molecule has 17 heavy (non-hydrogen) atoms. The summed E-state index contributed by atoms with van der Waals surface area (Å²) in [5, 5.41) is 5.92. The lowest BCUT2D eigenvalue weighted by atomic mass is 10.0. The molecule has 0 radical (unpaired) electrons. The summed E-state index contributed by atoms with van der Waals surface area (Å²) >= 11 is 0. The van der Waals surface area contributed by atoms with E-state index in [4.69, 9.17) is 0 Å². The van der Waals surface area contributed by atoms with Crippen LogP contribution in [0.3, 0.4) is 0 Å². The molecule has 0 amide bonds.